The highest BCUT2D eigenvalue weighted by Crippen LogP contribution is 2.23. The van der Waals surface area contributed by atoms with Crippen LogP contribution in [0.5, 0.6) is 5.88 Å². The van der Waals surface area contributed by atoms with Crippen LogP contribution < -0.4 is 15.0 Å². The Kier molecular flexibility index (Phi) is 5.79. The molecule has 0 bridgehead atoms. The zero-order chi connectivity index (χ0) is 15.2. The molecule has 0 spiro atoms. The Labute approximate surface area is 128 Å². The molecule has 1 saturated heterocycles. The molecule has 1 aromatic rings. The van der Waals surface area contributed by atoms with Gasteiger partial charge in [0.1, 0.15) is 0 Å². The number of aryl methyl sites for hydroxylation is 1. The largest absolute Gasteiger partial charge is 0.478 e. The molecule has 0 aromatic carbocycles. The average molecular weight is 292 g/mol. The van der Waals surface area contributed by atoms with Crippen molar-refractivity contribution >= 4 is 5.95 Å². The van der Waals surface area contributed by atoms with Crippen molar-refractivity contribution in [1.82, 2.24) is 15.3 Å². The average Bonchev–Trinajstić information content (AvgIpc) is 2.45. The van der Waals surface area contributed by atoms with Gasteiger partial charge in [-0.3, -0.25) is 0 Å². The van der Waals surface area contributed by atoms with Crippen LogP contribution in [0, 0.1) is 6.92 Å². The monoisotopic (exact) mass is 292 g/mol. The Morgan fingerprint density at radius 1 is 1.38 bits per heavy atom. The predicted octanol–water partition coefficient (Wildman–Crippen LogP) is 2.54. The van der Waals surface area contributed by atoms with E-state index in [1.54, 1.807) is 0 Å². The lowest BCUT2D eigenvalue weighted by Crippen LogP contribution is -2.47. The molecular formula is C16H28N4O. The summed E-state index contributed by atoms with van der Waals surface area (Å²) in [6, 6.07) is 2.88. The molecule has 0 radical (unpaired) electrons. The summed E-state index contributed by atoms with van der Waals surface area (Å²) < 4.78 is 5.56. The van der Waals surface area contributed by atoms with Crippen LogP contribution in [0.2, 0.25) is 0 Å². The highest BCUT2D eigenvalue weighted by Gasteiger charge is 2.25. The van der Waals surface area contributed by atoms with Crippen LogP contribution in [0.4, 0.5) is 5.95 Å². The van der Waals surface area contributed by atoms with Gasteiger partial charge < -0.3 is 15.0 Å². The van der Waals surface area contributed by atoms with Gasteiger partial charge in [-0.05, 0) is 33.1 Å². The molecule has 1 unspecified atom stereocenters. The minimum Gasteiger partial charge on any atom is -0.478 e. The fourth-order valence-electron chi connectivity index (χ4n) is 2.72. The van der Waals surface area contributed by atoms with Crippen molar-refractivity contribution < 1.29 is 4.74 Å². The summed E-state index contributed by atoms with van der Waals surface area (Å²) >= 11 is 0. The van der Waals surface area contributed by atoms with Crippen LogP contribution in [0.15, 0.2) is 6.07 Å². The van der Waals surface area contributed by atoms with Crippen molar-refractivity contribution in [3.05, 3.63) is 11.8 Å². The van der Waals surface area contributed by atoms with Gasteiger partial charge in [-0.15, -0.1) is 0 Å². The molecule has 1 aliphatic rings. The number of anilines is 1. The Hall–Kier alpha value is -1.36. The number of hydrogen-bond donors (Lipinski definition) is 1. The van der Waals surface area contributed by atoms with Crippen molar-refractivity contribution in [3.63, 3.8) is 0 Å². The zero-order valence-electron chi connectivity index (χ0n) is 13.7. The molecule has 2 rings (SSSR count). The van der Waals surface area contributed by atoms with Crippen LogP contribution in [0.1, 0.15) is 45.7 Å². The van der Waals surface area contributed by atoms with Crippen LogP contribution in [0.25, 0.3) is 0 Å². The van der Waals surface area contributed by atoms with E-state index in [0.717, 1.165) is 24.7 Å². The summed E-state index contributed by atoms with van der Waals surface area (Å²) in [6.45, 7) is 11.0. The Bertz CT molecular complexity index is 450. The van der Waals surface area contributed by atoms with E-state index in [4.69, 9.17) is 4.74 Å². The fraction of sp³-hybridized carbons (Fsp3) is 0.750. The van der Waals surface area contributed by atoms with Crippen molar-refractivity contribution in [3.8, 4) is 5.88 Å². The van der Waals surface area contributed by atoms with Gasteiger partial charge in [-0.25, -0.2) is 4.98 Å². The molecule has 21 heavy (non-hydrogen) atoms. The van der Waals surface area contributed by atoms with Crippen molar-refractivity contribution in [2.24, 2.45) is 0 Å². The minimum atomic E-state index is 0.470. The summed E-state index contributed by atoms with van der Waals surface area (Å²) in [6.07, 6.45) is 3.69. The number of nitrogens with zero attached hydrogens (tertiary/aromatic N) is 3. The normalized spacial score (nSPS) is 19.1. The molecule has 5 heteroatoms. The molecule has 1 aromatic heterocycles. The first kappa shape index (κ1) is 16.0. The van der Waals surface area contributed by atoms with Crippen molar-refractivity contribution in [2.45, 2.75) is 59.0 Å². The lowest BCUT2D eigenvalue weighted by Gasteiger charge is -2.36. The van der Waals surface area contributed by atoms with Crippen molar-refractivity contribution in [1.29, 1.82) is 0 Å². The topological polar surface area (TPSA) is 50.3 Å². The van der Waals surface area contributed by atoms with Gasteiger partial charge in [0.05, 0.1) is 6.61 Å². The second-order valence-electron chi connectivity index (χ2n) is 5.99. The van der Waals surface area contributed by atoms with Crippen LogP contribution in [0.3, 0.4) is 0 Å². The summed E-state index contributed by atoms with van der Waals surface area (Å²) in [4.78, 5) is 11.6. The molecular weight excluding hydrogens is 264 g/mol. The van der Waals surface area contributed by atoms with E-state index in [1.165, 1.54) is 19.3 Å². The van der Waals surface area contributed by atoms with Gasteiger partial charge in [0, 0.05) is 36.9 Å². The van der Waals surface area contributed by atoms with Crippen molar-refractivity contribution in [2.75, 3.05) is 24.6 Å². The number of hydrogen-bond acceptors (Lipinski definition) is 5. The quantitative estimate of drug-likeness (QED) is 0.873. The third kappa shape index (κ3) is 4.56. The van der Waals surface area contributed by atoms with Gasteiger partial charge in [0.15, 0.2) is 0 Å². The summed E-state index contributed by atoms with van der Waals surface area (Å²) in [5, 5.41) is 3.54. The highest BCUT2D eigenvalue weighted by atomic mass is 16.5. The number of ether oxygens (including phenoxy) is 1. The fourth-order valence-corrected chi connectivity index (χ4v) is 2.72. The predicted molar refractivity (Wildman–Crippen MR) is 86.1 cm³/mol. The first-order valence-corrected chi connectivity index (χ1v) is 8.08. The molecule has 1 atom stereocenters. The maximum atomic E-state index is 5.56. The number of piperidine rings is 1. The van der Waals surface area contributed by atoms with Gasteiger partial charge >= 0.3 is 0 Å². The maximum Gasteiger partial charge on any atom is 0.229 e. The van der Waals surface area contributed by atoms with E-state index in [2.05, 4.69) is 34.0 Å². The Morgan fingerprint density at radius 2 is 2.19 bits per heavy atom. The summed E-state index contributed by atoms with van der Waals surface area (Å²) in [5.41, 5.74) is 0.963. The number of nitrogens with one attached hydrogen (secondary N) is 1. The maximum absolute atomic E-state index is 5.56. The molecule has 1 fully saturated rings. The van der Waals surface area contributed by atoms with Crippen LogP contribution in [-0.2, 0) is 0 Å². The third-order valence-electron chi connectivity index (χ3n) is 3.76. The number of aromatic nitrogens is 2. The SMILES string of the molecule is CCOc1cc(C)nc(N2CCCCC2CNC(C)C)n1. The molecule has 5 nitrogen and oxygen atoms in total. The molecule has 1 N–H and O–H groups in total. The van der Waals surface area contributed by atoms with Crippen LogP contribution >= 0.6 is 0 Å². The van der Waals surface area contributed by atoms with Gasteiger partial charge in [0.2, 0.25) is 11.8 Å². The minimum absolute atomic E-state index is 0.470. The molecule has 118 valence electrons. The van der Waals surface area contributed by atoms with E-state index >= 15 is 0 Å². The second-order valence-corrected chi connectivity index (χ2v) is 5.99. The first-order valence-electron chi connectivity index (χ1n) is 8.08. The summed E-state index contributed by atoms with van der Waals surface area (Å²) in [7, 11) is 0. The van der Waals surface area contributed by atoms with E-state index in [-0.39, 0.29) is 0 Å². The number of rotatable bonds is 6. The van der Waals surface area contributed by atoms with E-state index < -0.39 is 0 Å². The Morgan fingerprint density at radius 3 is 2.90 bits per heavy atom. The molecule has 0 amide bonds. The van der Waals surface area contributed by atoms with Gasteiger partial charge in [-0.2, -0.15) is 4.98 Å². The second kappa shape index (κ2) is 7.59. The summed E-state index contributed by atoms with van der Waals surface area (Å²) in [5.74, 6) is 1.50. The molecule has 1 aliphatic heterocycles. The smallest absolute Gasteiger partial charge is 0.229 e. The van der Waals surface area contributed by atoms with E-state index in [9.17, 15) is 0 Å². The van der Waals surface area contributed by atoms with E-state index in [1.807, 2.05) is 19.9 Å². The standard InChI is InChI=1S/C16H28N4O/c1-5-21-15-10-13(4)18-16(19-15)20-9-7-6-8-14(20)11-17-12(2)3/h10,12,14,17H,5-9,11H2,1-4H3. The first-order chi connectivity index (χ1) is 10.1. The van der Waals surface area contributed by atoms with Gasteiger partial charge in [0.25, 0.3) is 0 Å². The van der Waals surface area contributed by atoms with Gasteiger partial charge in [-0.1, -0.05) is 13.8 Å². The lowest BCUT2D eigenvalue weighted by molar-refractivity contribution is 0.324. The van der Waals surface area contributed by atoms with Crippen LogP contribution in [-0.4, -0.2) is 41.7 Å². The Balaban J connectivity index is 2.16. The lowest BCUT2D eigenvalue weighted by atomic mass is 10.0. The van der Waals surface area contributed by atoms with E-state index in [0.29, 0.717) is 24.6 Å². The molecule has 0 saturated carbocycles. The highest BCUT2D eigenvalue weighted by molar-refractivity contribution is 5.36. The molecule has 2 heterocycles. The third-order valence-corrected chi connectivity index (χ3v) is 3.76. The molecule has 0 aliphatic carbocycles. The zero-order valence-corrected chi connectivity index (χ0v) is 13.7.